The van der Waals surface area contributed by atoms with Gasteiger partial charge < -0.3 is 15.0 Å². The summed E-state index contributed by atoms with van der Waals surface area (Å²) < 4.78 is 5.02. The second-order valence-electron chi connectivity index (χ2n) is 4.83. The second kappa shape index (κ2) is 6.67. The van der Waals surface area contributed by atoms with E-state index < -0.39 is 0 Å². The average molecular weight is 309 g/mol. The normalized spacial score (nSPS) is 14.6. The molecule has 1 N–H and O–H groups in total. The van der Waals surface area contributed by atoms with Crippen LogP contribution in [0.15, 0.2) is 16.8 Å². The average Bonchev–Trinajstić information content (AvgIpc) is 3.11. The van der Waals surface area contributed by atoms with Crippen LogP contribution in [-0.4, -0.2) is 31.8 Å². The van der Waals surface area contributed by atoms with E-state index in [0.29, 0.717) is 0 Å². The Hall–Kier alpha value is -0.950. The smallest absolute Gasteiger partial charge is 0.185 e. The Labute approximate surface area is 127 Å². The lowest BCUT2D eigenvalue weighted by Crippen LogP contribution is -2.29. The van der Waals surface area contributed by atoms with Crippen molar-refractivity contribution in [3.63, 3.8) is 0 Å². The van der Waals surface area contributed by atoms with Gasteiger partial charge in [-0.2, -0.15) is 0 Å². The number of ether oxygens (including phenoxy) is 1. The molecule has 0 aliphatic carbocycles. The van der Waals surface area contributed by atoms with Crippen LogP contribution in [0.1, 0.15) is 16.1 Å². The van der Waals surface area contributed by atoms with Crippen LogP contribution in [0, 0.1) is 0 Å². The van der Waals surface area contributed by atoms with Gasteiger partial charge in [-0.05, 0) is 23.4 Å². The van der Waals surface area contributed by atoms with Gasteiger partial charge >= 0.3 is 0 Å². The SMILES string of the molecule is COCCNCc1csc(N2CCc3sccc3C2)n1. The Morgan fingerprint density at radius 1 is 1.45 bits per heavy atom. The van der Waals surface area contributed by atoms with E-state index in [1.807, 2.05) is 11.3 Å². The molecule has 2 aromatic heterocycles. The number of nitrogens with one attached hydrogen (secondary N) is 1. The molecule has 0 amide bonds. The molecule has 3 heterocycles. The third-order valence-corrected chi connectivity index (χ3v) is 5.38. The van der Waals surface area contributed by atoms with Gasteiger partial charge in [0.25, 0.3) is 0 Å². The maximum atomic E-state index is 5.02. The minimum atomic E-state index is 0.740. The number of nitrogens with zero attached hydrogens (tertiary/aromatic N) is 2. The van der Waals surface area contributed by atoms with Gasteiger partial charge in [0.1, 0.15) is 0 Å². The first-order valence-electron chi connectivity index (χ1n) is 6.81. The Balaban J connectivity index is 1.57. The van der Waals surface area contributed by atoms with Crippen LogP contribution in [-0.2, 0) is 24.2 Å². The summed E-state index contributed by atoms with van der Waals surface area (Å²) in [7, 11) is 1.72. The van der Waals surface area contributed by atoms with E-state index in [1.165, 1.54) is 5.56 Å². The molecule has 0 spiro atoms. The van der Waals surface area contributed by atoms with Crippen LogP contribution in [0.5, 0.6) is 0 Å². The van der Waals surface area contributed by atoms with Crippen molar-refractivity contribution in [2.45, 2.75) is 19.5 Å². The molecule has 0 saturated carbocycles. The van der Waals surface area contributed by atoms with E-state index >= 15 is 0 Å². The molecule has 1 aliphatic heterocycles. The van der Waals surface area contributed by atoms with Crippen molar-refractivity contribution in [2.75, 3.05) is 31.7 Å². The van der Waals surface area contributed by atoms with Crippen molar-refractivity contribution in [3.8, 4) is 0 Å². The van der Waals surface area contributed by atoms with E-state index in [-0.39, 0.29) is 0 Å². The molecule has 20 heavy (non-hydrogen) atoms. The monoisotopic (exact) mass is 309 g/mol. The molecule has 0 atom stereocenters. The van der Waals surface area contributed by atoms with Gasteiger partial charge in [-0.1, -0.05) is 0 Å². The van der Waals surface area contributed by atoms with Gasteiger partial charge in [-0.3, -0.25) is 0 Å². The first-order chi connectivity index (χ1) is 9.86. The van der Waals surface area contributed by atoms with Crippen molar-refractivity contribution in [1.82, 2.24) is 10.3 Å². The molecule has 3 rings (SSSR count). The minimum absolute atomic E-state index is 0.740. The number of thiophene rings is 1. The molecule has 0 bridgehead atoms. The van der Waals surface area contributed by atoms with Crippen molar-refractivity contribution in [2.24, 2.45) is 0 Å². The highest BCUT2D eigenvalue weighted by molar-refractivity contribution is 7.13. The van der Waals surface area contributed by atoms with Crippen molar-refractivity contribution < 1.29 is 4.74 Å². The first-order valence-corrected chi connectivity index (χ1v) is 8.57. The Bertz CT molecular complexity index is 552. The molecule has 6 heteroatoms. The Kier molecular flexibility index (Phi) is 4.67. The van der Waals surface area contributed by atoms with Crippen molar-refractivity contribution in [3.05, 3.63) is 33.0 Å². The molecule has 0 saturated heterocycles. The maximum Gasteiger partial charge on any atom is 0.185 e. The quantitative estimate of drug-likeness (QED) is 0.832. The number of hydrogen-bond acceptors (Lipinski definition) is 6. The number of hydrogen-bond donors (Lipinski definition) is 1. The number of aromatic nitrogens is 1. The minimum Gasteiger partial charge on any atom is -0.383 e. The molecule has 4 nitrogen and oxygen atoms in total. The summed E-state index contributed by atoms with van der Waals surface area (Å²) in [5.74, 6) is 0. The summed E-state index contributed by atoms with van der Waals surface area (Å²) in [4.78, 5) is 8.66. The Morgan fingerprint density at radius 2 is 2.40 bits per heavy atom. The third kappa shape index (κ3) is 3.20. The predicted octanol–water partition coefficient (Wildman–Crippen LogP) is 2.50. The number of methoxy groups -OCH3 is 1. The zero-order chi connectivity index (χ0) is 13.8. The van der Waals surface area contributed by atoms with E-state index in [9.17, 15) is 0 Å². The molecule has 2 aromatic rings. The largest absolute Gasteiger partial charge is 0.383 e. The standard InChI is InChI=1S/C14H19N3OS2/c1-18-6-4-15-8-12-10-20-14(16-12)17-5-2-13-11(9-17)3-7-19-13/h3,7,10,15H,2,4-6,8-9H2,1H3. The molecule has 0 fully saturated rings. The van der Waals surface area contributed by atoms with Gasteiger partial charge in [0.15, 0.2) is 5.13 Å². The molecule has 0 aromatic carbocycles. The fourth-order valence-electron chi connectivity index (χ4n) is 2.33. The maximum absolute atomic E-state index is 5.02. The first kappa shape index (κ1) is 14.0. The van der Waals surface area contributed by atoms with E-state index in [1.54, 1.807) is 23.3 Å². The molecular formula is C14H19N3OS2. The zero-order valence-corrected chi connectivity index (χ0v) is 13.2. The molecule has 108 valence electrons. The lowest BCUT2D eigenvalue weighted by atomic mass is 10.1. The Morgan fingerprint density at radius 3 is 3.30 bits per heavy atom. The molecule has 1 aliphatic rings. The highest BCUT2D eigenvalue weighted by Crippen LogP contribution is 2.29. The van der Waals surface area contributed by atoms with E-state index in [4.69, 9.17) is 9.72 Å². The van der Waals surface area contributed by atoms with Crippen LogP contribution in [0.25, 0.3) is 0 Å². The fourth-order valence-corrected chi connectivity index (χ4v) is 4.07. The van der Waals surface area contributed by atoms with Crippen LogP contribution in [0.3, 0.4) is 0 Å². The summed E-state index contributed by atoms with van der Waals surface area (Å²) in [5, 5.41) is 8.82. The third-order valence-electron chi connectivity index (χ3n) is 3.41. The highest BCUT2D eigenvalue weighted by Gasteiger charge is 2.19. The highest BCUT2D eigenvalue weighted by atomic mass is 32.1. The van der Waals surface area contributed by atoms with Crippen LogP contribution in [0.4, 0.5) is 5.13 Å². The topological polar surface area (TPSA) is 37.4 Å². The van der Waals surface area contributed by atoms with Gasteiger partial charge in [0, 0.05) is 43.5 Å². The number of fused-ring (bicyclic) bond motifs is 1. The summed E-state index contributed by atoms with van der Waals surface area (Å²) in [5.41, 5.74) is 2.59. The molecule has 0 unspecified atom stereocenters. The van der Waals surface area contributed by atoms with Gasteiger partial charge in [0.2, 0.25) is 0 Å². The number of thiazole rings is 1. The molecular weight excluding hydrogens is 290 g/mol. The van der Waals surface area contributed by atoms with Gasteiger partial charge in [-0.25, -0.2) is 4.98 Å². The van der Waals surface area contributed by atoms with E-state index in [2.05, 4.69) is 27.0 Å². The lowest BCUT2D eigenvalue weighted by Gasteiger charge is -2.26. The molecule has 0 radical (unpaired) electrons. The lowest BCUT2D eigenvalue weighted by molar-refractivity contribution is 0.199. The van der Waals surface area contributed by atoms with Crippen LogP contribution in [0.2, 0.25) is 0 Å². The zero-order valence-electron chi connectivity index (χ0n) is 11.6. The summed E-state index contributed by atoms with van der Waals surface area (Å²) in [6.45, 7) is 4.51. The fraction of sp³-hybridized carbons (Fsp3) is 0.500. The number of anilines is 1. The van der Waals surface area contributed by atoms with Crippen molar-refractivity contribution in [1.29, 1.82) is 0 Å². The van der Waals surface area contributed by atoms with Gasteiger partial charge in [-0.15, -0.1) is 22.7 Å². The van der Waals surface area contributed by atoms with E-state index in [0.717, 1.165) is 50.0 Å². The van der Waals surface area contributed by atoms with Crippen LogP contribution >= 0.6 is 22.7 Å². The summed E-state index contributed by atoms with van der Waals surface area (Å²) in [6, 6.07) is 2.24. The number of rotatable bonds is 6. The second-order valence-corrected chi connectivity index (χ2v) is 6.67. The van der Waals surface area contributed by atoms with Crippen LogP contribution < -0.4 is 10.2 Å². The summed E-state index contributed by atoms with van der Waals surface area (Å²) >= 11 is 3.62. The van der Waals surface area contributed by atoms with Crippen molar-refractivity contribution >= 4 is 27.8 Å². The predicted molar refractivity (Wildman–Crippen MR) is 84.8 cm³/mol. The summed E-state index contributed by atoms with van der Waals surface area (Å²) in [6.07, 6.45) is 1.15. The van der Waals surface area contributed by atoms with Gasteiger partial charge in [0.05, 0.1) is 12.3 Å².